The van der Waals surface area contributed by atoms with Crippen molar-refractivity contribution in [2.75, 3.05) is 7.11 Å². The summed E-state index contributed by atoms with van der Waals surface area (Å²) in [6, 6.07) is 10.9. The third-order valence-corrected chi connectivity index (χ3v) is 4.15. The van der Waals surface area contributed by atoms with Gasteiger partial charge < -0.3 is 18.4 Å². The van der Waals surface area contributed by atoms with Crippen LogP contribution in [0.4, 0.5) is 0 Å². The number of esters is 1. The number of nitrogens with zero attached hydrogens (tertiary/aromatic N) is 2. The van der Waals surface area contributed by atoms with Gasteiger partial charge in [0.05, 0.1) is 19.3 Å². The number of benzene rings is 1. The van der Waals surface area contributed by atoms with Crippen LogP contribution < -0.4 is 4.74 Å². The summed E-state index contributed by atoms with van der Waals surface area (Å²) >= 11 is 0. The molecule has 1 aliphatic rings. The van der Waals surface area contributed by atoms with Gasteiger partial charge in [0.2, 0.25) is 5.82 Å². The van der Waals surface area contributed by atoms with E-state index in [1.165, 1.54) is 0 Å². The smallest absolute Gasteiger partial charge is 0.310 e. The number of methoxy groups -OCH3 is 1. The molecule has 7 nitrogen and oxygen atoms in total. The van der Waals surface area contributed by atoms with Gasteiger partial charge in [-0.2, -0.15) is 4.98 Å². The average molecular weight is 340 g/mol. The van der Waals surface area contributed by atoms with Crippen molar-refractivity contribution in [1.82, 2.24) is 10.1 Å². The summed E-state index contributed by atoms with van der Waals surface area (Å²) in [6.45, 7) is -0.0140. The van der Waals surface area contributed by atoms with E-state index in [2.05, 4.69) is 10.1 Å². The summed E-state index contributed by atoms with van der Waals surface area (Å²) in [4.78, 5) is 16.3. The fourth-order valence-electron chi connectivity index (χ4n) is 2.68. The molecule has 0 radical (unpaired) electrons. The molecular formula is C18H16N2O5. The van der Waals surface area contributed by atoms with Gasteiger partial charge in [-0.15, -0.1) is 0 Å². The van der Waals surface area contributed by atoms with Crippen LogP contribution in [0.25, 0.3) is 11.5 Å². The Kier molecular flexibility index (Phi) is 3.97. The molecule has 1 fully saturated rings. The number of aromatic nitrogens is 2. The molecule has 1 aromatic carbocycles. The first-order valence-electron chi connectivity index (χ1n) is 7.91. The Morgan fingerprint density at radius 1 is 1.28 bits per heavy atom. The largest absolute Gasteiger partial charge is 0.497 e. The number of hydrogen-bond acceptors (Lipinski definition) is 7. The molecule has 0 aliphatic heterocycles. The average Bonchev–Trinajstić information content (AvgIpc) is 3.06. The second kappa shape index (κ2) is 6.43. The van der Waals surface area contributed by atoms with E-state index in [0.717, 1.165) is 23.5 Å². The Morgan fingerprint density at radius 3 is 2.84 bits per heavy atom. The van der Waals surface area contributed by atoms with Crippen LogP contribution in [-0.2, 0) is 16.1 Å². The fraction of sp³-hybridized carbons (Fsp3) is 0.278. The highest BCUT2D eigenvalue weighted by molar-refractivity contribution is 5.77. The molecule has 0 saturated heterocycles. The minimum Gasteiger partial charge on any atom is -0.497 e. The molecular weight excluding hydrogens is 324 g/mol. The maximum Gasteiger partial charge on any atom is 0.310 e. The zero-order chi connectivity index (χ0) is 17.2. The van der Waals surface area contributed by atoms with Gasteiger partial charge in [-0.25, -0.2) is 0 Å². The first-order chi connectivity index (χ1) is 12.2. The van der Waals surface area contributed by atoms with Crippen molar-refractivity contribution in [3.05, 3.63) is 54.2 Å². The van der Waals surface area contributed by atoms with Gasteiger partial charge in [0, 0.05) is 11.5 Å². The Balaban J connectivity index is 1.33. The van der Waals surface area contributed by atoms with Crippen LogP contribution >= 0.6 is 0 Å². The minimum absolute atomic E-state index is 0.0140. The van der Waals surface area contributed by atoms with Crippen LogP contribution in [0, 0.1) is 5.92 Å². The zero-order valence-corrected chi connectivity index (χ0v) is 13.5. The molecule has 25 heavy (non-hydrogen) atoms. The normalized spacial score (nSPS) is 18.8. The van der Waals surface area contributed by atoms with E-state index in [9.17, 15) is 4.79 Å². The van der Waals surface area contributed by atoms with Crippen molar-refractivity contribution in [2.24, 2.45) is 5.92 Å². The van der Waals surface area contributed by atoms with Gasteiger partial charge in [-0.1, -0.05) is 5.16 Å². The standard InChI is InChI=1S/C18H16N2O5/c1-22-12-6-4-11(5-7-12)17-19-16(20-25-17)10-24-18(21)14-9-13(14)15-3-2-8-23-15/h2-8,13-14H,9-10H2,1H3. The summed E-state index contributed by atoms with van der Waals surface area (Å²) in [5.41, 5.74) is 0.769. The van der Waals surface area contributed by atoms with E-state index in [0.29, 0.717) is 11.7 Å². The van der Waals surface area contributed by atoms with Gasteiger partial charge in [0.1, 0.15) is 11.5 Å². The summed E-state index contributed by atoms with van der Waals surface area (Å²) in [5.74, 6) is 1.96. The van der Waals surface area contributed by atoms with Crippen molar-refractivity contribution < 1.29 is 23.2 Å². The SMILES string of the molecule is COc1ccc(-c2nc(COC(=O)C3CC3c3ccco3)no2)cc1. The predicted octanol–water partition coefficient (Wildman–Crippen LogP) is 3.19. The van der Waals surface area contributed by atoms with Crippen molar-refractivity contribution >= 4 is 5.97 Å². The minimum atomic E-state index is -0.266. The molecule has 1 saturated carbocycles. The predicted molar refractivity (Wildman–Crippen MR) is 85.6 cm³/mol. The summed E-state index contributed by atoms with van der Waals surface area (Å²) in [5, 5.41) is 3.84. The lowest BCUT2D eigenvalue weighted by Gasteiger charge is -2.00. The summed E-state index contributed by atoms with van der Waals surface area (Å²) < 4.78 is 20.9. The second-order valence-corrected chi connectivity index (χ2v) is 5.82. The van der Waals surface area contributed by atoms with Gasteiger partial charge in [-0.3, -0.25) is 4.79 Å². The molecule has 1 aliphatic carbocycles. The lowest BCUT2D eigenvalue weighted by Crippen LogP contribution is -2.08. The van der Waals surface area contributed by atoms with Crippen LogP contribution in [-0.4, -0.2) is 23.2 Å². The highest BCUT2D eigenvalue weighted by atomic mass is 16.5. The number of hydrogen-bond donors (Lipinski definition) is 0. The first kappa shape index (κ1) is 15.4. The monoisotopic (exact) mass is 340 g/mol. The zero-order valence-electron chi connectivity index (χ0n) is 13.5. The molecule has 0 bridgehead atoms. The molecule has 2 heterocycles. The van der Waals surface area contributed by atoms with Crippen molar-refractivity contribution in [3.8, 4) is 17.2 Å². The molecule has 0 N–H and O–H groups in total. The Bertz CT molecular complexity index is 854. The third kappa shape index (κ3) is 3.26. The van der Waals surface area contributed by atoms with E-state index < -0.39 is 0 Å². The third-order valence-electron chi connectivity index (χ3n) is 4.15. The van der Waals surface area contributed by atoms with E-state index in [1.807, 2.05) is 24.3 Å². The molecule has 7 heteroatoms. The molecule has 2 unspecified atom stereocenters. The number of rotatable bonds is 6. The van der Waals surface area contributed by atoms with Crippen LogP contribution in [0.5, 0.6) is 5.75 Å². The molecule has 4 rings (SSSR count). The van der Waals surface area contributed by atoms with Gasteiger partial charge in [0.15, 0.2) is 6.61 Å². The van der Waals surface area contributed by atoms with E-state index in [1.54, 1.807) is 25.5 Å². The van der Waals surface area contributed by atoms with Crippen LogP contribution in [0.2, 0.25) is 0 Å². The van der Waals surface area contributed by atoms with Crippen LogP contribution in [0.3, 0.4) is 0 Å². The summed E-state index contributed by atoms with van der Waals surface area (Å²) in [6.07, 6.45) is 2.35. The van der Waals surface area contributed by atoms with Crippen molar-refractivity contribution in [3.63, 3.8) is 0 Å². The summed E-state index contributed by atoms with van der Waals surface area (Å²) in [7, 11) is 1.60. The number of ether oxygens (including phenoxy) is 2. The Labute approximate surface area is 143 Å². The van der Waals surface area contributed by atoms with E-state index in [4.69, 9.17) is 18.4 Å². The van der Waals surface area contributed by atoms with E-state index in [-0.39, 0.29) is 24.4 Å². The van der Waals surface area contributed by atoms with Gasteiger partial charge in [-0.05, 0) is 42.8 Å². The Morgan fingerprint density at radius 2 is 2.12 bits per heavy atom. The second-order valence-electron chi connectivity index (χ2n) is 5.82. The van der Waals surface area contributed by atoms with E-state index >= 15 is 0 Å². The van der Waals surface area contributed by atoms with Crippen LogP contribution in [0.1, 0.15) is 23.9 Å². The van der Waals surface area contributed by atoms with Gasteiger partial charge >= 0.3 is 5.97 Å². The molecule has 2 atom stereocenters. The molecule has 2 aromatic heterocycles. The highest BCUT2D eigenvalue weighted by Crippen LogP contribution is 2.48. The lowest BCUT2D eigenvalue weighted by molar-refractivity contribution is -0.147. The van der Waals surface area contributed by atoms with Gasteiger partial charge in [0.25, 0.3) is 5.89 Å². The molecule has 0 amide bonds. The number of carbonyl (C=O) groups excluding carboxylic acids is 1. The van der Waals surface area contributed by atoms with Crippen molar-refractivity contribution in [2.45, 2.75) is 18.9 Å². The number of furan rings is 1. The number of carbonyl (C=O) groups is 1. The maximum absolute atomic E-state index is 12.1. The molecule has 128 valence electrons. The van der Waals surface area contributed by atoms with Crippen LogP contribution in [0.15, 0.2) is 51.6 Å². The lowest BCUT2D eigenvalue weighted by atomic mass is 10.2. The highest BCUT2D eigenvalue weighted by Gasteiger charge is 2.47. The first-order valence-corrected chi connectivity index (χ1v) is 7.91. The fourth-order valence-corrected chi connectivity index (χ4v) is 2.68. The quantitative estimate of drug-likeness (QED) is 0.637. The van der Waals surface area contributed by atoms with Crippen molar-refractivity contribution in [1.29, 1.82) is 0 Å². The molecule has 0 spiro atoms. The Hall–Kier alpha value is -3.09. The molecule has 3 aromatic rings. The maximum atomic E-state index is 12.1. The topological polar surface area (TPSA) is 87.6 Å².